The highest BCUT2D eigenvalue weighted by Gasteiger charge is 2.41. The van der Waals surface area contributed by atoms with Crippen molar-refractivity contribution >= 4 is 11.8 Å². The highest BCUT2D eigenvalue weighted by Crippen LogP contribution is 2.12. The van der Waals surface area contributed by atoms with Gasteiger partial charge in [0.25, 0.3) is 0 Å². The van der Waals surface area contributed by atoms with Gasteiger partial charge in [0.15, 0.2) is 11.9 Å². The number of ether oxygens (including phenoxy) is 2. The van der Waals surface area contributed by atoms with Gasteiger partial charge < -0.3 is 14.8 Å². The molecule has 5 heteroatoms. The molecular formula is C9H15NO4. The monoisotopic (exact) mass is 201 g/mol. The molecule has 0 spiro atoms. The quantitative estimate of drug-likeness (QED) is 0.623. The molecule has 0 bridgehead atoms. The van der Waals surface area contributed by atoms with Crippen LogP contribution in [0.4, 0.5) is 0 Å². The second-order valence-electron chi connectivity index (χ2n) is 3.52. The summed E-state index contributed by atoms with van der Waals surface area (Å²) in [6.07, 6.45) is -0.796. The van der Waals surface area contributed by atoms with Crippen LogP contribution >= 0.6 is 0 Å². The fraction of sp³-hybridized carbons (Fsp3) is 0.778. The van der Waals surface area contributed by atoms with Crippen molar-refractivity contribution in [2.75, 3.05) is 13.7 Å². The minimum Gasteiger partial charge on any atom is -0.467 e. The van der Waals surface area contributed by atoms with E-state index in [2.05, 4.69) is 10.1 Å². The molecule has 1 rings (SSSR count). The third kappa shape index (κ3) is 2.30. The predicted octanol–water partition coefficient (Wildman–Crippen LogP) is -0.506. The molecular weight excluding hydrogens is 186 g/mol. The molecule has 1 fully saturated rings. The van der Waals surface area contributed by atoms with Crippen molar-refractivity contribution in [2.45, 2.75) is 32.0 Å². The Labute approximate surface area is 82.8 Å². The normalized spacial score (nSPS) is 27.0. The number of hydrogen-bond acceptors (Lipinski definition) is 5. The smallest absolute Gasteiger partial charge is 0.337 e. The molecule has 0 saturated carbocycles. The molecule has 0 aromatic heterocycles. The number of hydrogen-bond donors (Lipinski definition) is 1. The number of esters is 1. The van der Waals surface area contributed by atoms with Crippen LogP contribution in [0.15, 0.2) is 0 Å². The van der Waals surface area contributed by atoms with Crippen LogP contribution in [0.5, 0.6) is 0 Å². The van der Waals surface area contributed by atoms with Gasteiger partial charge in [-0.05, 0) is 0 Å². The Kier molecular flexibility index (Phi) is 3.60. The van der Waals surface area contributed by atoms with E-state index in [4.69, 9.17) is 4.74 Å². The van der Waals surface area contributed by atoms with E-state index in [0.717, 1.165) is 0 Å². The maximum absolute atomic E-state index is 11.3. The van der Waals surface area contributed by atoms with E-state index in [1.807, 2.05) is 13.8 Å². The molecule has 1 N–H and O–H groups in total. The lowest BCUT2D eigenvalue weighted by Gasteiger charge is -2.18. The topological polar surface area (TPSA) is 64.6 Å². The van der Waals surface area contributed by atoms with Crippen molar-refractivity contribution in [1.29, 1.82) is 0 Å². The summed E-state index contributed by atoms with van der Waals surface area (Å²) in [5, 5.41) is 2.98. The summed E-state index contributed by atoms with van der Waals surface area (Å²) in [5.41, 5.74) is 0. The number of carbonyl (C=O) groups excluding carboxylic acids is 2. The first-order valence-electron chi connectivity index (χ1n) is 4.54. The highest BCUT2D eigenvalue weighted by atomic mass is 16.6. The van der Waals surface area contributed by atoms with Crippen molar-refractivity contribution in [3.63, 3.8) is 0 Å². The van der Waals surface area contributed by atoms with Gasteiger partial charge in [-0.1, -0.05) is 13.8 Å². The summed E-state index contributed by atoms with van der Waals surface area (Å²) >= 11 is 0. The number of nitrogens with one attached hydrogen (secondary N) is 1. The van der Waals surface area contributed by atoms with Gasteiger partial charge in [-0.25, -0.2) is 4.79 Å². The van der Waals surface area contributed by atoms with Gasteiger partial charge in [-0.2, -0.15) is 0 Å². The summed E-state index contributed by atoms with van der Waals surface area (Å²) < 4.78 is 9.58. The van der Waals surface area contributed by atoms with Gasteiger partial charge in [-0.15, -0.1) is 0 Å². The van der Waals surface area contributed by atoms with Crippen LogP contribution in [-0.4, -0.2) is 43.7 Å². The summed E-state index contributed by atoms with van der Waals surface area (Å²) in [4.78, 5) is 22.6. The van der Waals surface area contributed by atoms with E-state index in [-0.39, 0.29) is 18.4 Å². The molecule has 2 unspecified atom stereocenters. The molecule has 0 aliphatic carbocycles. The third-order valence-corrected chi connectivity index (χ3v) is 2.00. The molecule has 0 radical (unpaired) electrons. The second-order valence-corrected chi connectivity index (χ2v) is 3.52. The molecule has 80 valence electrons. The maximum atomic E-state index is 11.3. The summed E-state index contributed by atoms with van der Waals surface area (Å²) in [6.45, 7) is 3.78. The number of rotatable bonds is 3. The minimum atomic E-state index is -0.796. The molecule has 0 aromatic rings. The minimum absolute atomic E-state index is 0.0237. The van der Waals surface area contributed by atoms with E-state index in [1.165, 1.54) is 7.11 Å². The Morgan fingerprint density at radius 3 is 2.79 bits per heavy atom. The Morgan fingerprint density at radius 1 is 1.64 bits per heavy atom. The molecule has 14 heavy (non-hydrogen) atoms. The van der Waals surface area contributed by atoms with Crippen molar-refractivity contribution < 1.29 is 19.1 Å². The van der Waals surface area contributed by atoms with Crippen LogP contribution in [0, 0.1) is 0 Å². The standard InChI is InChI=1S/C9H15NO4/c1-5(2)10-7-6(11)4-14-8(7)9(12)13-3/h5,7-8,10H,4H2,1-3H3. The van der Waals surface area contributed by atoms with Crippen LogP contribution in [-0.2, 0) is 19.1 Å². The fourth-order valence-electron chi connectivity index (χ4n) is 1.39. The molecule has 1 aliphatic rings. The molecule has 1 saturated heterocycles. The Hall–Kier alpha value is -0.940. The fourth-order valence-corrected chi connectivity index (χ4v) is 1.39. The molecule has 5 nitrogen and oxygen atoms in total. The number of ketones is 1. The first-order chi connectivity index (χ1) is 6.56. The van der Waals surface area contributed by atoms with Gasteiger partial charge in [-0.3, -0.25) is 4.79 Å². The average molecular weight is 201 g/mol. The van der Waals surface area contributed by atoms with Gasteiger partial charge in [0, 0.05) is 6.04 Å². The lowest BCUT2D eigenvalue weighted by molar-refractivity contribution is -0.152. The summed E-state index contributed by atoms with van der Waals surface area (Å²) in [5.74, 6) is -0.608. The first kappa shape index (κ1) is 11.1. The van der Waals surface area contributed by atoms with Crippen LogP contribution in [0.3, 0.4) is 0 Å². The van der Waals surface area contributed by atoms with Gasteiger partial charge in [0.1, 0.15) is 12.6 Å². The largest absolute Gasteiger partial charge is 0.467 e. The second kappa shape index (κ2) is 4.52. The molecule has 1 heterocycles. The third-order valence-electron chi connectivity index (χ3n) is 2.00. The van der Waals surface area contributed by atoms with Crippen LogP contribution in [0.1, 0.15) is 13.8 Å². The van der Waals surface area contributed by atoms with E-state index in [9.17, 15) is 9.59 Å². The summed E-state index contributed by atoms with van der Waals surface area (Å²) in [6, 6.07) is -0.444. The van der Waals surface area contributed by atoms with E-state index in [1.54, 1.807) is 0 Å². The van der Waals surface area contributed by atoms with Crippen LogP contribution < -0.4 is 5.32 Å². The Bertz CT molecular complexity index is 239. The van der Waals surface area contributed by atoms with Crippen molar-refractivity contribution in [1.82, 2.24) is 5.32 Å². The molecule has 1 aliphatic heterocycles. The first-order valence-corrected chi connectivity index (χ1v) is 4.54. The maximum Gasteiger partial charge on any atom is 0.337 e. The van der Waals surface area contributed by atoms with Gasteiger partial charge in [0.05, 0.1) is 7.11 Å². The van der Waals surface area contributed by atoms with Crippen LogP contribution in [0.25, 0.3) is 0 Å². The zero-order valence-electron chi connectivity index (χ0n) is 8.57. The zero-order valence-corrected chi connectivity index (χ0v) is 8.57. The molecule has 2 atom stereocenters. The van der Waals surface area contributed by atoms with Crippen LogP contribution in [0.2, 0.25) is 0 Å². The zero-order chi connectivity index (χ0) is 10.7. The van der Waals surface area contributed by atoms with E-state index < -0.39 is 18.1 Å². The SMILES string of the molecule is COC(=O)C1OCC(=O)C1NC(C)C. The van der Waals surface area contributed by atoms with E-state index >= 15 is 0 Å². The Balaban J connectivity index is 2.66. The highest BCUT2D eigenvalue weighted by molar-refractivity contribution is 5.94. The van der Waals surface area contributed by atoms with Crippen molar-refractivity contribution in [3.05, 3.63) is 0 Å². The number of carbonyl (C=O) groups is 2. The molecule has 0 aromatic carbocycles. The lowest BCUT2D eigenvalue weighted by atomic mass is 10.1. The Morgan fingerprint density at radius 2 is 2.29 bits per heavy atom. The number of methoxy groups -OCH3 is 1. The summed E-state index contributed by atoms with van der Waals surface area (Å²) in [7, 11) is 1.28. The molecule has 0 amide bonds. The average Bonchev–Trinajstić information content (AvgIpc) is 2.46. The van der Waals surface area contributed by atoms with E-state index in [0.29, 0.717) is 0 Å². The predicted molar refractivity (Wildman–Crippen MR) is 48.8 cm³/mol. The van der Waals surface area contributed by atoms with Crippen molar-refractivity contribution in [2.24, 2.45) is 0 Å². The van der Waals surface area contributed by atoms with Gasteiger partial charge in [0.2, 0.25) is 0 Å². The van der Waals surface area contributed by atoms with Crippen molar-refractivity contribution in [3.8, 4) is 0 Å². The van der Waals surface area contributed by atoms with Gasteiger partial charge >= 0.3 is 5.97 Å². The lowest BCUT2D eigenvalue weighted by Crippen LogP contribution is -2.48. The number of Topliss-reactive ketones (excluding diaryl/α,β-unsaturated/α-hetero) is 1.